The van der Waals surface area contributed by atoms with Gasteiger partial charge in [-0.1, -0.05) is 0 Å². The van der Waals surface area contributed by atoms with Crippen LogP contribution in [-0.4, -0.2) is 53.7 Å². The van der Waals surface area contributed by atoms with Gasteiger partial charge >= 0.3 is 0 Å². The molecule has 0 bridgehead atoms. The lowest BCUT2D eigenvalue weighted by Gasteiger charge is -2.32. The van der Waals surface area contributed by atoms with Crippen LogP contribution in [0.1, 0.15) is 41.7 Å². The van der Waals surface area contributed by atoms with Gasteiger partial charge in [-0.25, -0.2) is 9.50 Å². The Balaban J connectivity index is 1.49. The number of fused-ring (bicyclic) bond motifs is 1. The minimum Gasteiger partial charge on any atom is -0.342 e. The van der Waals surface area contributed by atoms with E-state index in [4.69, 9.17) is 0 Å². The number of nitrogens with zero attached hydrogens (tertiary/aromatic N) is 6. The molecule has 130 valence electrons. The largest absolute Gasteiger partial charge is 0.342 e. The number of aromatic nitrogens is 6. The molecule has 8 heteroatoms. The van der Waals surface area contributed by atoms with E-state index in [0.29, 0.717) is 24.1 Å². The van der Waals surface area contributed by atoms with Crippen molar-refractivity contribution in [1.82, 2.24) is 34.7 Å². The molecule has 0 radical (unpaired) electrons. The number of nitrogens with one attached hydrogen (secondary N) is 1. The van der Waals surface area contributed by atoms with Gasteiger partial charge in [-0.2, -0.15) is 10.1 Å². The molecule has 4 heterocycles. The van der Waals surface area contributed by atoms with Crippen molar-refractivity contribution in [2.24, 2.45) is 0 Å². The van der Waals surface area contributed by atoms with Crippen LogP contribution < -0.4 is 0 Å². The normalized spacial score (nSPS) is 18.0. The van der Waals surface area contributed by atoms with Crippen LogP contribution in [-0.2, 0) is 11.2 Å². The second-order valence-electron chi connectivity index (χ2n) is 6.65. The number of hydrogen-bond donors (Lipinski definition) is 1. The number of H-pyrrole nitrogens is 1. The first-order chi connectivity index (χ1) is 12.1. The van der Waals surface area contributed by atoms with Crippen LogP contribution in [0.5, 0.6) is 0 Å². The number of likely N-dealkylation sites (tertiary alicyclic amines) is 1. The Hall–Kier alpha value is -2.77. The summed E-state index contributed by atoms with van der Waals surface area (Å²) in [7, 11) is 0. The summed E-state index contributed by atoms with van der Waals surface area (Å²) in [6.45, 7) is 5.38. The van der Waals surface area contributed by atoms with E-state index >= 15 is 0 Å². The molecule has 8 nitrogen and oxygen atoms in total. The molecule has 1 aliphatic heterocycles. The molecule has 0 aromatic carbocycles. The SMILES string of the molecule is Cc1cc(C)n2nc(CC(=O)N3CCC[C@@H](c4ccn[nH]4)C3)nc2n1. The van der Waals surface area contributed by atoms with E-state index in [2.05, 4.69) is 25.3 Å². The fourth-order valence-electron chi connectivity index (χ4n) is 3.48. The fraction of sp³-hybridized carbons (Fsp3) is 0.471. The predicted octanol–water partition coefficient (Wildman–Crippen LogP) is 1.41. The molecule has 1 fully saturated rings. The van der Waals surface area contributed by atoms with Crippen LogP contribution in [0.3, 0.4) is 0 Å². The highest BCUT2D eigenvalue weighted by atomic mass is 16.2. The lowest BCUT2D eigenvalue weighted by Crippen LogP contribution is -2.40. The second-order valence-corrected chi connectivity index (χ2v) is 6.65. The second kappa shape index (κ2) is 6.27. The van der Waals surface area contributed by atoms with Crippen molar-refractivity contribution >= 4 is 11.7 Å². The maximum Gasteiger partial charge on any atom is 0.252 e. The topological polar surface area (TPSA) is 92.1 Å². The Morgan fingerprint density at radius 1 is 1.36 bits per heavy atom. The highest BCUT2D eigenvalue weighted by molar-refractivity contribution is 5.78. The number of carbonyl (C=O) groups is 1. The lowest BCUT2D eigenvalue weighted by atomic mass is 9.95. The molecule has 0 spiro atoms. The molecule has 1 atom stereocenters. The highest BCUT2D eigenvalue weighted by Gasteiger charge is 2.26. The van der Waals surface area contributed by atoms with Gasteiger partial charge in [0.05, 0.1) is 6.42 Å². The Kier molecular flexibility index (Phi) is 3.95. The third kappa shape index (κ3) is 3.11. The zero-order chi connectivity index (χ0) is 17.4. The summed E-state index contributed by atoms with van der Waals surface area (Å²) in [6, 6.07) is 3.94. The van der Waals surface area contributed by atoms with Crippen LogP contribution in [0.4, 0.5) is 0 Å². The predicted molar refractivity (Wildman–Crippen MR) is 91.1 cm³/mol. The summed E-state index contributed by atoms with van der Waals surface area (Å²) in [4.78, 5) is 23.4. The van der Waals surface area contributed by atoms with E-state index < -0.39 is 0 Å². The molecular weight excluding hydrogens is 318 g/mol. The van der Waals surface area contributed by atoms with Crippen LogP contribution in [0.25, 0.3) is 5.78 Å². The molecule has 1 saturated heterocycles. The number of carbonyl (C=O) groups excluding carboxylic acids is 1. The first-order valence-corrected chi connectivity index (χ1v) is 8.57. The molecule has 25 heavy (non-hydrogen) atoms. The molecule has 0 saturated carbocycles. The standard InChI is InChI=1S/C17H21N7O/c1-11-8-12(2)24-17(19-11)20-15(22-24)9-16(25)23-7-3-4-13(10-23)14-5-6-18-21-14/h5-6,8,13H,3-4,7,9-10H2,1-2H3,(H,18,21)/t13-/m1/s1. The van der Waals surface area contributed by atoms with Gasteiger partial charge in [0, 0.05) is 42.3 Å². The molecule has 3 aromatic heterocycles. The van der Waals surface area contributed by atoms with E-state index in [1.807, 2.05) is 30.9 Å². The molecule has 4 rings (SSSR count). The average Bonchev–Trinajstić information content (AvgIpc) is 3.24. The number of aromatic amines is 1. The molecule has 3 aromatic rings. The summed E-state index contributed by atoms with van der Waals surface area (Å²) >= 11 is 0. The van der Waals surface area contributed by atoms with Gasteiger partial charge in [0.15, 0.2) is 5.82 Å². The van der Waals surface area contributed by atoms with Gasteiger partial charge in [-0.05, 0) is 38.8 Å². The number of amides is 1. The van der Waals surface area contributed by atoms with E-state index in [1.54, 1.807) is 10.7 Å². The van der Waals surface area contributed by atoms with E-state index in [0.717, 1.165) is 36.5 Å². The van der Waals surface area contributed by atoms with Gasteiger partial charge in [-0.15, -0.1) is 5.10 Å². The van der Waals surface area contributed by atoms with E-state index in [1.165, 1.54) is 0 Å². The van der Waals surface area contributed by atoms with Gasteiger partial charge in [-0.3, -0.25) is 9.89 Å². The highest BCUT2D eigenvalue weighted by Crippen LogP contribution is 2.25. The summed E-state index contributed by atoms with van der Waals surface area (Å²) in [6.07, 6.45) is 4.03. The summed E-state index contributed by atoms with van der Waals surface area (Å²) < 4.78 is 1.69. The van der Waals surface area contributed by atoms with E-state index in [9.17, 15) is 4.79 Å². The van der Waals surface area contributed by atoms with Crippen molar-refractivity contribution in [2.45, 2.75) is 39.0 Å². The Morgan fingerprint density at radius 3 is 3.04 bits per heavy atom. The van der Waals surface area contributed by atoms with Gasteiger partial charge in [0.25, 0.3) is 5.78 Å². The van der Waals surface area contributed by atoms with Crippen molar-refractivity contribution < 1.29 is 4.79 Å². The first kappa shape index (κ1) is 15.7. The number of piperidine rings is 1. The molecule has 1 amide bonds. The first-order valence-electron chi connectivity index (χ1n) is 8.57. The zero-order valence-electron chi connectivity index (χ0n) is 14.4. The quantitative estimate of drug-likeness (QED) is 0.779. The van der Waals surface area contributed by atoms with Crippen molar-refractivity contribution in [3.05, 3.63) is 41.2 Å². The van der Waals surface area contributed by atoms with Crippen LogP contribution in [0.2, 0.25) is 0 Å². The molecule has 0 unspecified atom stereocenters. The van der Waals surface area contributed by atoms with E-state index in [-0.39, 0.29) is 12.3 Å². The third-order valence-corrected chi connectivity index (χ3v) is 4.71. The maximum absolute atomic E-state index is 12.7. The lowest BCUT2D eigenvalue weighted by molar-refractivity contribution is -0.131. The summed E-state index contributed by atoms with van der Waals surface area (Å²) in [5, 5.41) is 11.5. The Morgan fingerprint density at radius 2 is 2.24 bits per heavy atom. The monoisotopic (exact) mass is 339 g/mol. The van der Waals surface area contributed by atoms with Crippen molar-refractivity contribution in [1.29, 1.82) is 0 Å². The number of hydrogen-bond acceptors (Lipinski definition) is 5. The van der Waals surface area contributed by atoms with Crippen molar-refractivity contribution in [3.63, 3.8) is 0 Å². The van der Waals surface area contributed by atoms with Crippen LogP contribution in [0.15, 0.2) is 18.3 Å². The molecule has 1 N–H and O–H groups in total. The average molecular weight is 339 g/mol. The van der Waals surface area contributed by atoms with Crippen LogP contribution >= 0.6 is 0 Å². The zero-order valence-corrected chi connectivity index (χ0v) is 14.4. The van der Waals surface area contributed by atoms with Gasteiger partial charge < -0.3 is 4.90 Å². The van der Waals surface area contributed by atoms with Crippen LogP contribution in [0, 0.1) is 13.8 Å². The Labute approximate surface area is 145 Å². The number of rotatable bonds is 3. The third-order valence-electron chi connectivity index (χ3n) is 4.71. The molecule has 0 aliphatic carbocycles. The fourth-order valence-corrected chi connectivity index (χ4v) is 3.48. The number of aryl methyl sites for hydroxylation is 2. The molecular formula is C17H21N7O. The van der Waals surface area contributed by atoms with Crippen molar-refractivity contribution in [2.75, 3.05) is 13.1 Å². The maximum atomic E-state index is 12.7. The van der Waals surface area contributed by atoms with Gasteiger partial charge in [0.1, 0.15) is 0 Å². The summed E-state index contributed by atoms with van der Waals surface area (Å²) in [5.74, 6) is 1.46. The Bertz CT molecular complexity index is 899. The van der Waals surface area contributed by atoms with Crippen molar-refractivity contribution in [3.8, 4) is 0 Å². The van der Waals surface area contributed by atoms with Gasteiger partial charge in [0.2, 0.25) is 5.91 Å². The minimum absolute atomic E-state index is 0.0643. The summed E-state index contributed by atoms with van der Waals surface area (Å²) in [5.41, 5.74) is 2.96. The molecule has 1 aliphatic rings. The minimum atomic E-state index is 0.0643. The smallest absolute Gasteiger partial charge is 0.252 e.